The second-order valence-corrected chi connectivity index (χ2v) is 5.86. The number of aliphatic carboxylic acids is 1. The summed E-state index contributed by atoms with van der Waals surface area (Å²) in [6.45, 7) is 5.72. The number of rotatable bonds is 3. The number of amides is 1. The van der Waals surface area contributed by atoms with Gasteiger partial charge in [0.2, 0.25) is 5.76 Å². The van der Waals surface area contributed by atoms with E-state index >= 15 is 0 Å². The second kappa shape index (κ2) is 8.59. The van der Waals surface area contributed by atoms with E-state index in [9.17, 15) is 18.0 Å². The number of aryl methyl sites for hydroxylation is 2. The van der Waals surface area contributed by atoms with Crippen LogP contribution in [-0.2, 0) is 4.79 Å². The Morgan fingerprint density at radius 2 is 1.66 bits per heavy atom. The van der Waals surface area contributed by atoms with Crippen molar-refractivity contribution in [1.82, 2.24) is 14.5 Å². The maximum absolute atomic E-state index is 12.0. The zero-order valence-electron chi connectivity index (χ0n) is 15.6. The molecule has 0 aliphatic rings. The number of oxazole rings is 1. The van der Waals surface area contributed by atoms with Crippen LogP contribution in [0, 0.1) is 20.8 Å². The Morgan fingerprint density at radius 3 is 2.07 bits per heavy atom. The van der Waals surface area contributed by atoms with Crippen molar-refractivity contribution in [3.63, 3.8) is 0 Å². The lowest BCUT2D eigenvalue weighted by Crippen LogP contribution is -2.21. The van der Waals surface area contributed by atoms with E-state index in [4.69, 9.17) is 14.3 Å². The summed E-state index contributed by atoms with van der Waals surface area (Å²) in [4.78, 5) is 29.1. The highest BCUT2D eigenvalue weighted by molar-refractivity contribution is 6.02. The van der Waals surface area contributed by atoms with Crippen LogP contribution in [0.1, 0.15) is 27.6 Å². The minimum Gasteiger partial charge on any atom is -0.475 e. The predicted molar refractivity (Wildman–Crippen MR) is 95.9 cm³/mol. The number of halogens is 3. The molecule has 8 nitrogen and oxygen atoms in total. The number of nitrogens with one attached hydrogen (secondary N) is 1. The molecule has 0 aliphatic carbocycles. The van der Waals surface area contributed by atoms with Gasteiger partial charge in [0.25, 0.3) is 5.91 Å². The third-order valence-electron chi connectivity index (χ3n) is 3.85. The van der Waals surface area contributed by atoms with E-state index < -0.39 is 12.1 Å². The second-order valence-electron chi connectivity index (χ2n) is 5.86. The van der Waals surface area contributed by atoms with Crippen LogP contribution in [0.15, 0.2) is 41.4 Å². The van der Waals surface area contributed by atoms with Crippen LogP contribution in [0.2, 0.25) is 0 Å². The molecule has 0 saturated carbocycles. The van der Waals surface area contributed by atoms with Gasteiger partial charge in [-0.05, 0) is 45.0 Å². The highest BCUT2D eigenvalue weighted by atomic mass is 19.4. The number of alkyl halides is 3. The summed E-state index contributed by atoms with van der Waals surface area (Å²) in [5.74, 6) is -2.84. The minimum atomic E-state index is -5.08. The topological polar surface area (TPSA) is 110 Å². The maximum Gasteiger partial charge on any atom is 0.490 e. The fourth-order valence-electron chi connectivity index (χ4n) is 2.17. The number of benzene rings is 1. The Bertz CT molecular complexity index is 1010. The van der Waals surface area contributed by atoms with E-state index in [0.29, 0.717) is 11.4 Å². The minimum absolute atomic E-state index is 0.227. The fourth-order valence-corrected chi connectivity index (χ4v) is 2.17. The van der Waals surface area contributed by atoms with E-state index in [1.165, 1.54) is 6.39 Å². The molecule has 0 unspecified atom stereocenters. The Labute approximate surface area is 163 Å². The molecule has 1 aromatic carbocycles. The van der Waals surface area contributed by atoms with Crippen LogP contribution < -0.4 is 5.32 Å². The summed E-state index contributed by atoms with van der Waals surface area (Å²) in [6.07, 6.45) is -2.03. The zero-order valence-corrected chi connectivity index (χ0v) is 15.6. The van der Waals surface area contributed by atoms with Gasteiger partial charge in [0.05, 0.1) is 17.7 Å². The van der Waals surface area contributed by atoms with Crippen molar-refractivity contribution < 1.29 is 32.3 Å². The van der Waals surface area contributed by atoms with Gasteiger partial charge in [-0.25, -0.2) is 14.8 Å². The highest BCUT2D eigenvalue weighted by Gasteiger charge is 2.38. The van der Waals surface area contributed by atoms with Crippen molar-refractivity contribution >= 4 is 17.6 Å². The molecule has 3 rings (SSSR count). The Kier molecular flexibility index (Phi) is 6.42. The van der Waals surface area contributed by atoms with Crippen molar-refractivity contribution in [2.75, 3.05) is 5.32 Å². The summed E-state index contributed by atoms with van der Waals surface area (Å²) in [6, 6.07) is 7.54. The smallest absolute Gasteiger partial charge is 0.475 e. The van der Waals surface area contributed by atoms with Crippen LogP contribution >= 0.6 is 0 Å². The van der Waals surface area contributed by atoms with Gasteiger partial charge in [0.1, 0.15) is 0 Å². The van der Waals surface area contributed by atoms with E-state index in [2.05, 4.69) is 15.3 Å². The molecule has 0 saturated heterocycles. The number of carbonyl (C=O) groups is 2. The average Bonchev–Trinajstić information content (AvgIpc) is 3.22. The number of hydrogen-bond donors (Lipinski definition) is 2. The molecule has 3 aromatic rings. The van der Waals surface area contributed by atoms with Crippen LogP contribution in [0.5, 0.6) is 0 Å². The highest BCUT2D eigenvalue weighted by Crippen LogP contribution is 2.18. The quantitative estimate of drug-likeness (QED) is 0.682. The summed E-state index contributed by atoms with van der Waals surface area (Å²) in [5, 5.41) is 9.91. The molecule has 0 spiro atoms. The summed E-state index contributed by atoms with van der Waals surface area (Å²) < 4.78 is 38.8. The number of imidazole rings is 1. The first-order valence-electron chi connectivity index (χ1n) is 8.13. The molecule has 2 aromatic heterocycles. The van der Waals surface area contributed by atoms with Gasteiger partial charge < -0.3 is 19.4 Å². The maximum atomic E-state index is 12.0. The normalized spacial score (nSPS) is 10.8. The Morgan fingerprint density at radius 1 is 1.07 bits per heavy atom. The van der Waals surface area contributed by atoms with Crippen molar-refractivity contribution in [3.8, 4) is 5.69 Å². The van der Waals surface area contributed by atoms with Crippen molar-refractivity contribution in [2.45, 2.75) is 26.9 Å². The summed E-state index contributed by atoms with van der Waals surface area (Å²) in [7, 11) is 0. The van der Waals surface area contributed by atoms with Crippen LogP contribution in [0.4, 0.5) is 18.9 Å². The summed E-state index contributed by atoms with van der Waals surface area (Å²) >= 11 is 0. The average molecular weight is 410 g/mol. The van der Waals surface area contributed by atoms with Crippen LogP contribution in [0.3, 0.4) is 0 Å². The van der Waals surface area contributed by atoms with Crippen molar-refractivity contribution in [2.24, 2.45) is 0 Å². The van der Waals surface area contributed by atoms with Gasteiger partial charge in [-0.1, -0.05) is 0 Å². The molecule has 0 bridgehead atoms. The molecular weight excluding hydrogens is 393 g/mol. The molecule has 0 aliphatic heterocycles. The van der Waals surface area contributed by atoms with Crippen LogP contribution in [-0.4, -0.2) is 37.7 Å². The molecular formula is C18H17F3N4O4. The number of carbonyl (C=O) groups excluding carboxylic acids is 1. The number of aromatic nitrogens is 3. The zero-order chi connectivity index (χ0) is 21.8. The first kappa shape index (κ1) is 21.7. The van der Waals surface area contributed by atoms with Gasteiger partial charge in [-0.3, -0.25) is 4.79 Å². The van der Waals surface area contributed by atoms with Crippen LogP contribution in [0.25, 0.3) is 5.69 Å². The van der Waals surface area contributed by atoms with Gasteiger partial charge in [0.15, 0.2) is 6.39 Å². The van der Waals surface area contributed by atoms with Crippen molar-refractivity contribution in [3.05, 3.63) is 59.8 Å². The number of anilines is 1. The van der Waals surface area contributed by atoms with Gasteiger partial charge >= 0.3 is 12.1 Å². The van der Waals surface area contributed by atoms with Gasteiger partial charge in [-0.15, -0.1) is 0 Å². The lowest BCUT2D eigenvalue weighted by atomic mass is 10.2. The standard InChI is InChI=1S/C16H16N4O2.C2HF3O2/c1-10-12(3)20(8-17-10)14-6-4-13(5-7-14)19-16(21)15-11(2)18-9-22-15;3-2(4,5)1(6)7/h4-9H,1-3H3,(H,19,21);(H,6,7). The number of carboxylic acids is 1. The van der Waals surface area contributed by atoms with E-state index in [0.717, 1.165) is 17.1 Å². The molecule has 1 amide bonds. The third-order valence-corrected chi connectivity index (χ3v) is 3.85. The van der Waals surface area contributed by atoms with Crippen molar-refractivity contribution in [1.29, 1.82) is 0 Å². The SMILES string of the molecule is Cc1ncoc1C(=O)Nc1ccc(-n2cnc(C)c2C)cc1.O=C(O)C(F)(F)F. The molecule has 0 radical (unpaired) electrons. The van der Waals surface area contributed by atoms with E-state index in [1.54, 1.807) is 13.3 Å². The first-order valence-corrected chi connectivity index (χ1v) is 8.13. The van der Waals surface area contributed by atoms with Gasteiger partial charge in [0, 0.05) is 17.1 Å². The van der Waals surface area contributed by atoms with E-state index in [1.807, 2.05) is 42.7 Å². The molecule has 2 N–H and O–H groups in total. The third kappa shape index (κ3) is 5.43. The molecule has 154 valence electrons. The molecule has 11 heteroatoms. The molecule has 29 heavy (non-hydrogen) atoms. The Hall–Kier alpha value is -3.63. The Balaban J connectivity index is 0.000000370. The molecule has 0 atom stereocenters. The number of carboxylic acid groups (broad SMARTS) is 1. The monoisotopic (exact) mass is 410 g/mol. The fraction of sp³-hybridized carbons (Fsp3) is 0.222. The lowest BCUT2D eigenvalue weighted by molar-refractivity contribution is -0.192. The van der Waals surface area contributed by atoms with E-state index in [-0.39, 0.29) is 11.7 Å². The first-order chi connectivity index (χ1) is 13.5. The largest absolute Gasteiger partial charge is 0.490 e. The summed E-state index contributed by atoms with van der Waals surface area (Å²) in [5.41, 5.74) is 4.34. The molecule has 2 heterocycles. The molecule has 0 fully saturated rings. The number of hydrogen-bond acceptors (Lipinski definition) is 5. The lowest BCUT2D eigenvalue weighted by Gasteiger charge is -2.08. The number of nitrogens with zero attached hydrogens (tertiary/aromatic N) is 3. The predicted octanol–water partition coefficient (Wildman–Crippen LogP) is 3.67. The van der Waals surface area contributed by atoms with Gasteiger partial charge in [-0.2, -0.15) is 13.2 Å².